The third kappa shape index (κ3) is 1.72. The zero-order valence-corrected chi connectivity index (χ0v) is 7.43. The SMILES string of the molecule is CCN1CCC1CC(C)C. The summed E-state index contributed by atoms with van der Waals surface area (Å²) in [4.78, 5) is 2.57. The molecule has 0 aromatic carbocycles. The molecule has 1 saturated heterocycles. The van der Waals surface area contributed by atoms with E-state index in [0.29, 0.717) is 0 Å². The van der Waals surface area contributed by atoms with Crippen LogP contribution in [0.25, 0.3) is 0 Å². The fraction of sp³-hybridized carbons (Fsp3) is 1.00. The summed E-state index contributed by atoms with van der Waals surface area (Å²) in [6, 6.07) is 0.921. The molecule has 0 saturated carbocycles. The second kappa shape index (κ2) is 3.38. The Kier molecular flexibility index (Phi) is 2.72. The molecule has 10 heavy (non-hydrogen) atoms. The fourth-order valence-electron chi connectivity index (χ4n) is 1.72. The van der Waals surface area contributed by atoms with Gasteiger partial charge in [-0.05, 0) is 31.8 Å². The van der Waals surface area contributed by atoms with Crippen LogP contribution in [0.15, 0.2) is 0 Å². The van der Waals surface area contributed by atoms with Gasteiger partial charge in [0.15, 0.2) is 0 Å². The summed E-state index contributed by atoms with van der Waals surface area (Å²) < 4.78 is 0. The Morgan fingerprint density at radius 1 is 1.50 bits per heavy atom. The molecule has 0 radical (unpaired) electrons. The molecule has 1 fully saturated rings. The summed E-state index contributed by atoms with van der Waals surface area (Å²) in [6.45, 7) is 9.47. The van der Waals surface area contributed by atoms with E-state index in [1.54, 1.807) is 0 Å². The van der Waals surface area contributed by atoms with Crippen LogP contribution < -0.4 is 0 Å². The molecule has 0 spiro atoms. The molecule has 1 heteroatoms. The van der Waals surface area contributed by atoms with Gasteiger partial charge in [0.05, 0.1) is 0 Å². The molecule has 1 nitrogen and oxygen atoms in total. The third-order valence-electron chi connectivity index (χ3n) is 2.42. The minimum atomic E-state index is 0.874. The molecule has 1 aliphatic rings. The van der Waals surface area contributed by atoms with E-state index in [1.807, 2.05) is 0 Å². The quantitative estimate of drug-likeness (QED) is 0.582. The molecular weight excluding hydrogens is 122 g/mol. The van der Waals surface area contributed by atoms with Gasteiger partial charge in [0.25, 0.3) is 0 Å². The van der Waals surface area contributed by atoms with Crippen molar-refractivity contribution in [2.45, 2.75) is 39.7 Å². The molecule has 1 atom stereocenters. The summed E-state index contributed by atoms with van der Waals surface area (Å²) in [7, 11) is 0. The molecule has 60 valence electrons. The molecule has 0 amide bonds. The molecule has 1 unspecified atom stereocenters. The number of nitrogens with zero attached hydrogens (tertiary/aromatic N) is 1. The lowest BCUT2D eigenvalue weighted by Crippen LogP contribution is -2.47. The Labute approximate surface area is 64.4 Å². The first-order valence-corrected chi connectivity index (χ1v) is 4.48. The van der Waals surface area contributed by atoms with Gasteiger partial charge in [-0.25, -0.2) is 0 Å². The van der Waals surface area contributed by atoms with Crippen LogP contribution in [0, 0.1) is 5.92 Å². The van der Waals surface area contributed by atoms with Gasteiger partial charge < -0.3 is 4.90 Å². The highest BCUT2D eigenvalue weighted by atomic mass is 15.2. The smallest absolute Gasteiger partial charge is 0.0110 e. The maximum Gasteiger partial charge on any atom is 0.0110 e. The predicted octanol–water partition coefficient (Wildman–Crippen LogP) is 2.13. The third-order valence-corrected chi connectivity index (χ3v) is 2.42. The molecular formula is C9H19N. The van der Waals surface area contributed by atoms with Crippen LogP contribution in [0.4, 0.5) is 0 Å². The van der Waals surface area contributed by atoms with E-state index < -0.39 is 0 Å². The van der Waals surface area contributed by atoms with E-state index in [1.165, 1.54) is 25.9 Å². The van der Waals surface area contributed by atoms with Crippen LogP contribution in [0.1, 0.15) is 33.6 Å². The van der Waals surface area contributed by atoms with Gasteiger partial charge in [-0.3, -0.25) is 0 Å². The van der Waals surface area contributed by atoms with Gasteiger partial charge in [-0.15, -0.1) is 0 Å². The summed E-state index contributed by atoms with van der Waals surface area (Å²) in [5.41, 5.74) is 0. The lowest BCUT2D eigenvalue weighted by molar-refractivity contribution is 0.0808. The molecule has 0 aromatic heterocycles. The monoisotopic (exact) mass is 141 g/mol. The Hall–Kier alpha value is -0.0400. The molecule has 1 aliphatic heterocycles. The standard InChI is InChI=1S/C9H19N/c1-4-10-6-5-9(10)7-8(2)3/h8-9H,4-7H2,1-3H3. The number of likely N-dealkylation sites (tertiary alicyclic amines) is 1. The highest BCUT2D eigenvalue weighted by Gasteiger charge is 2.26. The number of hydrogen-bond donors (Lipinski definition) is 0. The molecule has 1 heterocycles. The van der Waals surface area contributed by atoms with Crippen molar-refractivity contribution in [3.63, 3.8) is 0 Å². The predicted molar refractivity (Wildman–Crippen MR) is 45.1 cm³/mol. The minimum Gasteiger partial charge on any atom is -0.301 e. The van der Waals surface area contributed by atoms with E-state index in [-0.39, 0.29) is 0 Å². The van der Waals surface area contributed by atoms with Gasteiger partial charge in [0.1, 0.15) is 0 Å². The van der Waals surface area contributed by atoms with Crippen molar-refractivity contribution in [1.82, 2.24) is 4.90 Å². The van der Waals surface area contributed by atoms with Gasteiger partial charge in [0, 0.05) is 6.04 Å². The highest BCUT2D eigenvalue weighted by molar-refractivity contribution is 4.81. The second-order valence-corrected chi connectivity index (χ2v) is 3.70. The molecule has 0 aromatic rings. The highest BCUT2D eigenvalue weighted by Crippen LogP contribution is 2.22. The van der Waals surface area contributed by atoms with Crippen LogP contribution in [0.3, 0.4) is 0 Å². The zero-order valence-electron chi connectivity index (χ0n) is 7.43. The summed E-state index contributed by atoms with van der Waals surface area (Å²) in [5, 5.41) is 0. The van der Waals surface area contributed by atoms with Crippen molar-refractivity contribution in [3.05, 3.63) is 0 Å². The molecule has 0 N–H and O–H groups in total. The van der Waals surface area contributed by atoms with Crippen molar-refractivity contribution in [1.29, 1.82) is 0 Å². The molecule has 0 aliphatic carbocycles. The van der Waals surface area contributed by atoms with Crippen LogP contribution >= 0.6 is 0 Å². The summed E-state index contributed by atoms with van der Waals surface area (Å²) >= 11 is 0. The van der Waals surface area contributed by atoms with E-state index in [4.69, 9.17) is 0 Å². The Bertz CT molecular complexity index is 96.9. The number of rotatable bonds is 3. The Morgan fingerprint density at radius 3 is 2.50 bits per heavy atom. The van der Waals surface area contributed by atoms with Crippen LogP contribution in [-0.4, -0.2) is 24.0 Å². The maximum atomic E-state index is 2.57. The minimum absolute atomic E-state index is 0.874. The van der Waals surface area contributed by atoms with Crippen molar-refractivity contribution in [2.75, 3.05) is 13.1 Å². The van der Waals surface area contributed by atoms with E-state index >= 15 is 0 Å². The first-order valence-electron chi connectivity index (χ1n) is 4.48. The fourth-order valence-corrected chi connectivity index (χ4v) is 1.72. The van der Waals surface area contributed by atoms with Crippen molar-refractivity contribution < 1.29 is 0 Å². The summed E-state index contributed by atoms with van der Waals surface area (Å²) in [5.74, 6) is 0.874. The van der Waals surface area contributed by atoms with Gasteiger partial charge in [-0.2, -0.15) is 0 Å². The van der Waals surface area contributed by atoms with Crippen LogP contribution in [0.5, 0.6) is 0 Å². The van der Waals surface area contributed by atoms with Gasteiger partial charge in [-0.1, -0.05) is 20.8 Å². The number of hydrogen-bond acceptors (Lipinski definition) is 1. The van der Waals surface area contributed by atoms with E-state index in [0.717, 1.165) is 12.0 Å². The van der Waals surface area contributed by atoms with Gasteiger partial charge in [0.2, 0.25) is 0 Å². The molecule has 0 bridgehead atoms. The van der Waals surface area contributed by atoms with Crippen LogP contribution in [-0.2, 0) is 0 Å². The second-order valence-electron chi connectivity index (χ2n) is 3.70. The normalized spacial score (nSPS) is 27.0. The maximum absolute atomic E-state index is 2.57. The van der Waals surface area contributed by atoms with Gasteiger partial charge >= 0.3 is 0 Å². The Morgan fingerprint density at radius 2 is 2.20 bits per heavy atom. The Balaban J connectivity index is 2.16. The van der Waals surface area contributed by atoms with E-state index in [9.17, 15) is 0 Å². The average molecular weight is 141 g/mol. The lowest BCUT2D eigenvalue weighted by Gasteiger charge is -2.41. The first-order chi connectivity index (χ1) is 4.74. The van der Waals surface area contributed by atoms with Crippen molar-refractivity contribution >= 4 is 0 Å². The summed E-state index contributed by atoms with van der Waals surface area (Å²) in [6.07, 6.45) is 2.83. The van der Waals surface area contributed by atoms with E-state index in [2.05, 4.69) is 25.7 Å². The average Bonchev–Trinajstić information content (AvgIpc) is 1.82. The largest absolute Gasteiger partial charge is 0.301 e. The topological polar surface area (TPSA) is 3.24 Å². The zero-order chi connectivity index (χ0) is 7.56. The van der Waals surface area contributed by atoms with Crippen LogP contribution in [0.2, 0.25) is 0 Å². The lowest BCUT2D eigenvalue weighted by atomic mass is 9.94. The first kappa shape index (κ1) is 8.06. The molecule has 1 rings (SSSR count). The van der Waals surface area contributed by atoms with Crippen molar-refractivity contribution in [2.24, 2.45) is 5.92 Å². The van der Waals surface area contributed by atoms with Crippen molar-refractivity contribution in [3.8, 4) is 0 Å².